The molecule has 3 aliphatic rings. The van der Waals surface area contributed by atoms with Crippen molar-refractivity contribution in [3.63, 3.8) is 0 Å². The molecule has 2 N–H and O–H groups in total. The molecule has 4 aromatic rings. The third-order valence-electron chi connectivity index (χ3n) is 6.33. The number of benzene rings is 1. The average molecular weight is 449 g/mol. The average Bonchev–Trinajstić information content (AvgIpc) is 3.69. The van der Waals surface area contributed by atoms with Crippen molar-refractivity contribution in [3.05, 3.63) is 119 Å². The zero-order chi connectivity index (χ0) is 23.2. The lowest BCUT2D eigenvalue weighted by Crippen LogP contribution is -1.88. The molecule has 1 aliphatic carbocycles. The molecule has 0 saturated carbocycles. The number of hydrogen-bond donors (Lipinski definition) is 2. The first-order valence-corrected chi connectivity index (χ1v) is 11.6. The van der Waals surface area contributed by atoms with Gasteiger partial charge in [-0.3, -0.25) is 0 Å². The molecule has 7 rings (SSSR count). The zero-order valence-electron chi connectivity index (χ0n) is 18.8. The Bertz CT molecular complexity index is 1720. The van der Waals surface area contributed by atoms with Gasteiger partial charge in [-0.2, -0.15) is 0 Å². The number of aromatic amines is 2. The molecule has 0 saturated heterocycles. The number of rotatable bonds is 2. The first-order valence-electron chi connectivity index (χ1n) is 11.6. The third-order valence-corrected chi connectivity index (χ3v) is 6.33. The van der Waals surface area contributed by atoms with Crippen molar-refractivity contribution in [2.45, 2.75) is 0 Å². The fourth-order valence-electron chi connectivity index (χ4n) is 4.75. The van der Waals surface area contributed by atoms with Gasteiger partial charge in [0.25, 0.3) is 0 Å². The van der Waals surface area contributed by atoms with E-state index in [0.717, 1.165) is 67.1 Å². The van der Waals surface area contributed by atoms with Gasteiger partial charge in [-0.25, -0.2) is 9.97 Å². The highest BCUT2D eigenvalue weighted by Crippen LogP contribution is 2.31. The van der Waals surface area contributed by atoms with Crippen LogP contribution < -0.4 is 0 Å². The SMILES string of the molecule is C1=CC=CC=1c1c2ccc(cc3nc(c(-c4ccccc4)c4nc(cc5ccc1[nH]5)C=C4)C=C3)[nH]2. The molecule has 4 heteroatoms. The molecule has 0 radical (unpaired) electrons. The van der Waals surface area contributed by atoms with E-state index in [1.165, 1.54) is 0 Å². The molecule has 2 aliphatic heterocycles. The van der Waals surface area contributed by atoms with E-state index in [0.29, 0.717) is 0 Å². The lowest BCUT2D eigenvalue weighted by Gasteiger charge is -2.04. The van der Waals surface area contributed by atoms with Crippen LogP contribution in [0.25, 0.3) is 63.1 Å². The quantitative estimate of drug-likeness (QED) is 0.271. The van der Waals surface area contributed by atoms with Crippen LogP contribution in [0, 0.1) is 0 Å². The Morgan fingerprint density at radius 3 is 1.80 bits per heavy atom. The Morgan fingerprint density at radius 2 is 1.23 bits per heavy atom. The summed E-state index contributed by atoms with van der Waals surface area (Å²) >= 11 is 0. The number of nitrogens with one attached hydrogen (secondary N) is 2. The van der Waals surface area contributed by atoms with E-state index in [2.05, 4.69) is 94.6 Å². The van der Waals surface area contributed by atoms with Crippen LogP contribution in [0.5, 0.6) is 0 Å². The van der Waals surface area contributed by atoms with Gasteiger partial charge in [0.2, 0.25) is 0 Å². The summed E-state index contributed by atoms with van der Waals surface area (Å²) in [5, 5.41) is 0. The first kappa shape index (κ1) is 19.5. The molecule has 5 heterocycles. The van der Waals surface area contributed by atoms with E-state index < -0.39 is 0 Å². The predicted octanol–water partition coefficient (Wildman–Crippen LogP) is 7.43. The van der Waals surface area contributed by atoms with E-state index in [-0.39, 0.29) is 0 Å². The molecule has 35 heavy (non-hydrogen) atoms. The number of hydrogen-bond acceptors (Lipinski definition) is 2. The predicted molar refractivity (Wildman–Crippen MR) is 145 cm³/mol. The van der Waals surface area contributed by atoms with Crippen LogP contribution in [0.15, 0.2) is 90.7 Å². The smallest absolute Gasteiger partial charge is 0.0737 e. The maximum atomic E-state index is 4.96. The Morgan fingerprint density at radius 1 is 0.600 bits per heavy atom. The highest BCUT2D eigenvalue weighted by Gasteiger charge is 2.14. The van der Waals surface area contributed by atoms with Crippen LogP contribution in [0.2, 0.25) is 0 Å². The van der Waals surface area contributed by atoms with Gasteiger partial charge < -0.3 is 9.97 Å². The summed E-state index contributed by atoms with van der Waals surface area (Å²) in [6, 6.07) is 22.9. The van der Waals surface area contributed by atoms with Crippen LogP contribution in [0.3, 0.4) is 0 Å². The molecule has 0 fully saturated rings. The second-order valence-corrected chi connectivity index (χ2v) is 8.65. The van der Waals surface area contributed by atoms with E-state index in [1.807, 2.05) is 30.4 Å². The Labute approximate surface area is 202 Å². The lowest BCUT2D eigenvalue weighted by molar-refractivity contribution is 1.28. The lowest BCUT2D eigenvalue weighted by atomic mass is 10.0. The molecule has 3 aromatic heterocycles. The van der Waals surface area contributed by atoms with Gasteiger partial charge in [0, 0.05) is 38.8 Å². The summed E-state index contributed by atoms with van der Waals surface area (Å²) in [4.78, 5) is 17.1. The second kappa shape index (κ2) is 7.84. The number of H-pyrrole nitrogens is 2. The highest BCUT2D eigenvalue weighted by atomic mass is 14.8. The van der Waals surface area contributed by atoms with Crippen molar-refractivity contribution in [2.24, 2.45) is 0 Å². The topological polar surface area (TPSA) is 57.4 Å². The molecule has 1 aromatic carbocycles. The van der Waals surface area contributed by atoms with Crippen molar-refractivity contribution >= 4 is 51.9 Å². The summed E-state index contributed by atoms with van der Waals surface area (Å²) < 4.78 is 0. The first-order chi connectivity index (χ1) is 17.3. The standard InChI is InChI=1S/C31H20N4/c1-2-6-20(7-3-1)30-26-14-10-22(32-26)18-24-12-16-28(34-24)31(21-8-4-5-9-21)29-17-13-25(35-29)19-23-11-15-27(30)33-23/h1-8,10-19,34-35H. The van der Waals surface area contributed by atoms with E-state index in [4.69, 9.17) is 9.97 Å². The molecule has 4 nitrogen and oxygen atoms in total. The largest absolute Gasteiger partial charge is 0.355 e. The molecular weight excluding hydrogens is 428 g/mol. The maximum absolute atomic E-state index is 4.96. The molecule has 0 spiro atoms. The Balaban J connectivity index is 1.59. The summed E-state index contributed by atoms with van der Waals surface area (Å²) in [6.45, 7) is 0. The normalized spacial score (nSPS) is 13.5. The van der Waals surface area contributed by atoms with E-state index in [1.54, 1.807) is 0 Å². The third kappa shape index (κ3) is 3.50. The van der Waals surface area contributed by atoms with Crippen LogP contribution in [-0.4, -0.2) is 19.9 Å². The summed E-state index contributed by atoms with van der Waals surface area (Å²) in [6.07, 6.45) is 14.3. The van der Waals surface area contributed by atoms with Crippen molar-refractivity contribution in [3.8, 4) is 11.1 Å². The second-order valence-electron chi connectivity index (χ2n) is 8.65. The Hall–Kier alpha value is -4.92. The van der Waals surface area contributed by atoms with Crippen molar-refractivity contribution in [1.82, 2.24) is 19.9 Å². The molecule has 0 atom stereocenters. The van der Waals surface area contributed by atoms with E-state index >= 15 is 0 Å². The summed E-state index contributed by atoms with van der Waals surface area (Å²) in [7, 11) is 0. The van der Waals surface area contributed by atoms with Crippen LogP contribution in [-0.2, 0) is 0 Å². The number of aromatic nitrogens is 4. The van der Waals surface area contributed by atoms with Gasteiger partial charge in [-0.15, -0.1) is 5.73 Å². The number of allylic oxidation sites excluding steroid dienone is 3. The highest BCUT2D eigenvalue weighted by molar-refractivity contribution is 5.94. The molecule has 8 bridgehead atoms. The van der Waals surface area contributed by atoms with Gasteiger partial charge >= 0.3 is 0 Å². The van der Waals surface area contributed by atoms with Gasteiger partial charge in [0.05, 0.1) is 22.8 Å². The van der Waals surface area contributed by atoms with Gasteiger partial charge in [0.1, 0.15) is 0 Å². The molecule has 0 unspecified atom stereocenters. The van der Waals surface area contributed by atoms with Gasteiger partial charge in [-0.05, 0) is 78.4 Å². The summed E-state index contributed by atoms with van der Waals surface area (Å²) in [5.41, 5.74) is 15.2. The van der Waals surface area contributed by atoms with Gasteiger partial charge in [-0.1, -0.05) is 36.4 Å². The van der Waals surface area contributed by atoms with E-state index in [9.17, 15) is 0 Å². The van der Waals surface area contributed by atoms with Crippen LogP contribution in [0.4, 0.5) is 0 Å². The monoisotopic (exact) mass is 448 g/mol. The summed E-state index contributed by atoms with van der Waals surface area (Å²) in [5.74, 6) is 0. The Kier molecular flexibility index (Phi) is 4.38. The van der Waals surface area contributed by atoms with Crippen LogP contribution in [0.1, 0.15) is 28.3 Å². The van der Waals surface area contributed by atoms with Crippen LogP contribution >= 0.6 is 0 Å². The number of nitrogens with zero attached hydrogens (tertiary/aromatic N) is 2. The van der Waals surface area contributed by atoms with Crippen molar-refractivity contribution < 1.29 is 0 Å². The number of fused-ring (bicyclic) bond motifs is 8. The minimum Gasteiger partial charge on any atom is -0.355 e. The van der Waals surface area contributed by atoms with Crippen molar-refractivity contribution in [2.75, 3.05) is 0 Å². The maximum Gasteiger partial charge on any atom is 0.0737 e. The fraction of sp³-hybridized carbons (Fsp3) is 0. The fourth-order valence-corrected chi connectivity index (χ4v) is 4.75. The minimum absolute atomic E-state index is 0.899. The van der Waals surface area contributed by atoms with Gasteiger partial charge in [0.15, 0.2) is 0 Å². The van der Waals surface area contributed by atoms with Crippen molar-refractivity contribution in [1.29, 1.82) is 0 Å². The minimum atomic E-state index is 0.899. The molecule has 0 amide bonds. The molecule has 164 valence electrons. The molecular formula is C31H20N4. The zero-order valence-corrected chi connectivity index (χ0v) is 18.8.